The van der Waals surface area contributed by atoms with Gasteiger partial charge in [-0.2, -0.15) is 4.31 Å². The summed E-state index contributed by atoms with van der Waals surface area (Å²) in [6, 6.07) is 12.1. The Morgan fingerprint density at radius 2 is 1.90 bits per heavy atom. The zero-order valence-corrected chi connectivity index (χ0v) is 19.1. The maximum atomic E-state index is 13.5. The van der Waals surface area contributed by atoms with E-state index in [1.807, 2.05) is 24.3 Å². The molecule has 2 aromatic carbocycles. The molecule has 1 atom stereocenters. The van der Waals surface area contributed by atoms with Crippen molar-refractivity contribution < 1.29 is 13.2 Å². The fraction of sp³-hybridized carbons (Fsp3) is 0.381. The lowest BCUT2D eigenvalue weighted by Crippen LogP contribution is -2.33. The van der Waals surface area contributed by atoms with Crippen LogP contribution < -0.4 is 4.90 Å². The molecule has 0 N–H and O–H groups in total. The number of thioether (sulfide) groups is 1. The zero-order chi connectivity index (χ0) is 21.2. The number of anilines is 1. The van der Waals surface area contributed by atoms with Gasteiger partial charge in [0.15, 0.2) is 0 Å². The molecule has 1 aliphatic rings. The Bertz CT molecular complexity index is 1010. The van der Waals surface area contributed by atoms with Crippen molar-refractivity contribution in [2.75, 3.05) is 24.5 Å². The second kappa shape index (κ2) is 9.08. The Balaban J connectivity index is 2.04. The highest BCUT2D eigenvalue weighted by molar-refractivity contribution is 8.00. The molecule has 0 unspecified atom stereocenters. The number of hydrogen-bond donors (Lipinski definition) is 0. The molecule has 1 aliphatic heterocycles. The lowest BCUT2D eigenvalue weighted by molar-refractivity contribution is 0.0986. The smallest absolute Gasteiger partial charge is 0.259 e. The molecule has 2 aromatic rings. The number of halogens is 1. The number of amides is 1. The van der Waals surface area contributed by atoms with Crippen molar-refractivity contribution in [3.05, 3.63) is 53.1 Å². The molecule has 1 heterocycles. The van der Waals surface area contributed by atoms with Gasteiger partial charge in [-0.15, -0.1) is 11.8 Å². The molecular weight excluding hydrogens is 428 g/mol. The summed E-state index contributed by atoms with van der Waals surface area (Å²) in [5.41, 5.74) is 1.04. The van der Waals surface area contributed by atoms with E-state index in [4.69, 9.17) is 11.6 Å². The molecule has 0 radical (unpaired) electrons. The Morgan fingerprint density at radius 1 is 1.21 bits per heavy atom. The fourth-order valence-corrected chi connectivity index (χ4v) is 6.18. The number of carbonyl (C=O) groups is 1. The van der Waals surface area contributed by atoms with E-state index in [9.17, 15) is 13.2 Å². The Morgan fingerprint density at radius 3 is 2.59 bits per heavy atom. The highest BCUT2D eigenvalue weighted by atomic mass is 35.5. The average Bonchev–Trinajstić information content (AvgIpc) is 2.86. The van der Waals surface area contributed by atoms with E-state index in [1.54, 1.807) is 30.5 Å². The largest absolute Gasteiger partial charge is 0.307 e. The van der Waals surface area contributed by atoms with Crippen LogP contribution in [0.4, 0.5) is 5.69 Å². The van der Waals surface area contributed by atoms with Crippen molar-refractivity contribution in [2.45, 2.75) is 42.2 Å². The molecular formula is C21H25ClN2O3S2. The lowest BCUT2D eigenvalue weighted by Gasteiger charge is -2.24. The Labute approximate surface area is 182 Å². The summed E-state index contributed by atoms with van der Waals surface area (Å²) in [5, 5.41) is 0.620. The first-order valence-corrected chi connectivity index (χ1v) is 12.4. The van der Waals surface area contributed by atoms with E-state index in [-0.39, 0.29) is 21.4 Å². The van der Waals surface area contributed by atoms with Gasteiger partial charge in [-0.1, -0.05) is 44.5 Å². The standard InChI is InChI=1S/C21H25ClN2O3S2/c1-4-23(5-2)29(26,27)16-10-11-18(22)17(14-16)21(25)24-13-12-15(3)28-20-9-7-6-8-19(20)24/h6-11,14-15H,4-5,12-13H2,1-3H3/t15-/m0/s1. The predicted molar refractivity (Wildman–Crippen MR) is 120 cm³/mol. The van der Waals surface area contributed by atoms with Crippen LogP contribution in [0, 0.1) is 0 Å². The van der Waals surface area contributed by atoms with Gasteiger partial charge in [0.1, 0.15) is 0 Å². The Kier molecular flexibility index (Phi) is 6.94. The van der Waals surface area contributed by atoms with Gasteiger partial charge in [0.05, 0.1) is 21.2 Å². The highest BCUT2D eigenvalue weighted by Crippen LogP contribution is 2.38. The third-order valence-corrected chi connectivity index (χ3v) is 8.61. The monoisotopic (exact) mass is 452 g/mol. The van der Waals surface area contributed by atoms with Crippen LogP contribution in [0.3, 0.4) is 0 Å². The van der Waals surface area contributed by atoms with Crippen LogP contribution in [-0.2, 0) is 10.0 Å². The minimum absolute atomic E-state index is 0.0831. The van der Waals surface area contributed by atoms with Gasteiger partial charge in [0.2, 0.25) is 10.0 Å². The van der Waals surface area contributed by atoms with Gasteiger partial charge in [-0.25, -0.2) is 8.42 Å². The minimum atomic E-state index is -3.68. The normalized spacial score (nSPS) is 17.1. The molecule has 0 aromatic heterocycles. The van der Waals surface area contributed by atoms with Gasteiger partial charge >= 0.3 is 0 Å². The number of hydrogen-bond acceptors (Lipinski definition) is 4. The molecule has 3 rings (SSSR count). The number of rotatable bonds is 5. The van der Waals surface area contributed by atoms with Crippen molar-refractivity contribution in [3.63, 3.8) is 0 Å². The van der Waals surface area contributed by atoms with Crippen molar-refractivity contribution in [1.29, 1.82) is 0 Å². The van der Waals surface area contributed by atoms with Crippen molar-refractivity contribution in [1.82, 2.24) is 4.31 Å². The Hall–Kier alpha value is -1.54. The maximum absolute atomic E-state index is 13.5. The first kappa shape index (κ1) is 22.2. The topological polar surface area (TPSA) is 57.7 Å². The van der Waals surface area contributed by atoms with E-state index in [0.717, 1.165) is 17.0 Å². The molecule has 1 amide bonds. The SMILES string of the molecule is CCN(CC)S(=O)(=O)c1ccc(Cl)c(C(=O)N2CC[C@H](C)Sc3ccccc32)c1. The molecule has 0 saturated carbocycles. The van der Waals surface area contributed by atoms with E-state index >= 15 is 0 Å². The fourth-order valence-electron chi connectivity index (χ4n) is 3.38. The van der Waals surface area contributed by atoms with E-state index < -0.39 is 10.0 Å². The van der Waals surface area contributed by atoms with Crippen LogP contribution in [-0.4, -0.2) is 43.5 Å². The van der Waals surface area contributed by atoms with Crippen molar-refractivity contribution >= 4 is 45.0 Å². The molecule has 0 aliphatic carbocycles. The van der Waals surface area contributed by atoms with Crippen LogP contribution in [0.1, 0.15) is 37.6 Å². The van der Waals surface area contributed by atoms with Gasteiger partial charge in [0.25, 0.3) is 5.91 Å². The van der Waals surface area contributed by atoms with E-state index in [2.05, 4.69) is 6.92 Å². The summed E-state index contributed by atoms with van der Waals surface area (Å²) < 4.78 is 27.2. The van der Waals surface area contributed by atoms with Crippen LogP contribution in [0.15, 0.2) is 52.3 Å². The van der Waals surface area contributed by atoms with Gasteiger partial charge < -0.3 is 4.90 Å². The summed E-state index contributed by atoms with van der Waals surface area (Å²) in [7, 11) is -3.68. The molecule has 0 fully saturated rings. The summed E-state index contributed by atoms with van der Waals surface area (Å²) in [4.78, 5) is 16.3. The number of fused-ring (bicyclic) bond motifs is 1. The predicted octanol–water partition coefficient (Wildman–Crippen LogP) is 4.90. The average molecular weight is 453 g/mol. The zero-order valence-electron chi connectivity index (χ0n) is 16.8. The lowest BCUT2D eigenvalue weighted by atomic mass is 10.1. The molecule has 0 saturated heterocycles. The molecule has 8 heteroatoms. The number of carbonyl (C=O) groups excluding carboxylic acids is 1. The second-order valence-electron chi connectivity index (χ2n) is 6.87. The summed E-state index contributed by atoms with van der Waals surface area (Å²) in [5.74, 6) is -0.284. The molecule has 0 bridgehead atoms. The second-order valence-corrected chi connectivity index (χ2v) is 10.7. The minimum Gasteiger partial charge on any atom is -0.307 e. The van der Waals surface area contributed by atoms with Crippen LogP contribution in [0.25, 0.3) is 0 Å². The number of para-hydroxylation sites is 1. The van der Waals surface area contributed by atoms with Gasteiger partial charge in [-0.3, -0.25) is 4.79 Å². The molecule has 5 nitrogen and oxygen atoms in total. The third-order valence-electron chi connectivity index (χ3n) is 5.00. The van der Waals surface area contributed by atoms with Crippen LogP contribution in [0.5, 0.6) is 0 Å². The van der Waals surface area contributed by atoms with Crippen LogP contribution in [0.2, 0.25) is 5.02 Å². The van der Waals surface area contributed by atoms with Crippen molar-refractivity contribution in [2.24, 2.45) is 0 Å². The third kappa shape index (κ3) is 4.48. The maximum Gasteiger partial charge on any atom is 0.259 e. The first-order chi connectivity index (χ1) is 13.8. The quantitative estimate of drug-likeness (QED) is 0.647. The van der Waals surface area contributed by atoms with E-state index in [0.29, 0.717) is 24.9 Å². The number of sulfonamides is 1. The number of nitrogens with zero attached hydrogens (tertiary/aromatic N) is 2. The van der Waals surface area contributed by atoms with Gasteiger partial charge in [-0.05, 0) is 36.8 Å². The highest BCUT2D eigenvalue weighted by Gasteiger charge is 2.28. The molecule has 29 heavy (non-hydrogen) atoms. The number of benzene rings is 2. The molecule has 156 valence electrons. The van der Waals surface area contributed by atoms with Crippen LogP contribution >= 0.6 is 23.4 Å². The van der Waals surface area contributed by atoms with Crippen molar-refractivity contribution in [3.8, 4) is 0 Å². The first-order valence-electron chi connectivity index (χ1n) is 9.66. The van der Waals surface area contributed by atoms with Gasteiger partial charge in [0, 0.05) is 29.8 Å². The summed E-state index contributed by atoms with van der Waals surface area (Å²) in [6.45, 7) is 6.98. The summed E-state index contributed by atoms with van der Waals surface area (Å²) >= 11 is 8.08. The molecule has 0 spiro atoms. The van der Waals surface area contributed by atoms with E-state index in [1.165, 1.54) is 22.5 Å². The summed E-state index contributed by atoms with van der Waals surface area (Å²) in [6.07, 6.45) is 0.833.